The van der Waals surface area contributed by atoms with Crippen molar-refractivity contribution in [1.29, 1.82) is 0 Å². The van der Waals surface area contributed by atoms with Crippen molar-refractivity contribution in [3.05, 3.63) is 131 Å². The molecule has 1 aliphatic heterocycles. The van der Waals surface area contributed by atoms with Crippen molar-refractivity contribution in [3.63, 3.8) is 0 Å². The maximum absolute atomic E-state index is 14.0. The molecule has 11 heteroatoms. The van der Waals surface area contributed by atoms with Gasteiger partial charge in [0.05, 0.1) is 11.0 Å². The number of hydrogen-bond donors (Lipinski definition) is 0. The van der Waals surface area contributed by atoms with Crippen molar-refractivity contribution in [1.82, 2.24) is 9.80 Å². The fraction of sp³-hybridized carbons (Fsp3) is 0.200. The number of fused-ring (bicyclic) bond motifs is 1. The highest BCUT2D eigenvalue weighted by Crippen LogP contribution is 2.41. The SMILES string of the molecule is Cc1ccc(C(=O)N(CC(=O)N2CCc3sccc3C2c2ccc(Cl)cc2Cl)Cc2ccc(F)cc2)cc1[N+](=O)[O-]. The number of aryl methyl sites for hydroxylation is 1. The van der Waals surface area contributed by atoms with Crippen molar-refractivity contribution in [2.75, 3.05) is 13.1 Å². The van der Waals surface area contributed by atoms with Crippen LogP contribution in [0.2, 0.25) is 10.0 Å². The Morgan fingerprint density at radius 2 is 1.83 bits per heavy atom. The van der Waals surface area contributed by atoms with E-state index in [-0.39, 0.29) is 30.2 Å². The standard InChI is InChI=1S/C30H24Cl2FN3O4S/c1-18-2-5-20(14-26(18)36(39)40)30(38)34(16-19-3-7-22(33)8-4-19)17-28(37)35-12-10-27-24(11-13-41-27)29(35)23-9-6-21(31)15-25(23)32/h2-9,11,13-15,29H,10,12,16-17H2,1H3. The van der Waals surface area contributed by atoms with E-state index >= 15 is 0 Å². The molecule has 2 heterocycles. The fourth-order valence-electron chi connectivity index (χ4n) is 5.03. The predicted octanol–water partition coefficient (Wildman–Crippen LogP) is 7.23. The second-order valence-corrected chi connectivity index (χ2v) is 11.6. The molecular weight excluding hydrogens is 588 g/mol. The molecule has 0 saturated heterocycles. The molecule has 1 atom stereocenters. The average molecular weight is 613 g/mol. The maximum Gasteiger partial charge on any atom is 0.273 e. The Labute approximate surface area is 249 Å². The zero-order chi connectivity index (χ0) is 29.3. The van der Waals surface area contributed by atoms with Crippen LogP contribution in [0.3, 0.4) is 0 Å². The van der Waals surface area contributed by atoms with Gasteiger partial charge in [-0.05, 0) is 71.8 Å². The molecule has 1 aromatic heterocycles. The fourth-order valence-corrected chi connectivity index (χ4v) is 6.44. The Hall–Kier alpha value is -3.79. The Kier molecular flexibility index (Phi) is 8.40. The summed E-state index contributed by atoms with van der Waals surface area (Å²) in [6.07, 6.45) is 0.649. The molecule has 0 bridgehead atoms. The van der Waals surface area contributed by atoms with Gasteiger partial charge in [0.25, 0.3) is 11.6 Å². The molecule has 5 rings (SSSR count). The van der Waals surface area contributed by atoms with Gasteiger partial charge in [0, 0.05) is 45.2 Å². The molecule has 0 saturated carbocycles. The Morgan fingerprint density at radius 3 is 2.54 bits per heavy atom. The quantitative estimate of drug-likeness (QED) is 0.163. The van der Waals surface area contributed by atoms with Crippen LogP contribution in [0, 0.1) is 22.9 Å². The van der Waals surface area contributed by atoms with Gasteiger partial charge in [-0.1, -0.05) is 47.5 Å². The van der Waals surface area contributed by atoms with Crippen LogP contribution in [0.4, 0.5) is 10.1 Å². The number of halogens is 3. The molecule has 210 valence electrons. The van der Waals surface area contributed by atoms with Gasteiger partial charge >= 0.3 is 0 Å². The monoisotopic (exact) mass is 611 g/mol. The smallest absolute Gasteiger partial charge is 0.273 e. The normalized spacial score (nSPS) is 14.4. The summed E-state index contributed by atoms with van der Waals surface area (Å²) in [5, 5.41) is 14.4. The predicted molar refractivity (Wildman–Crippen MR) is 157 cm³/mol. The second-order valence-electron chi connectivity index (χ2n) is 9.75. The number of benzene rings is 3. The van der Waals surface area contributed by atoms with E-state index in [9.17, 15) is 24.1 Å². The molecule has 0 radical (unpaired) electrons. The van der Waals surface area contributed by atoms with E-state index < -0.39 is 22.7 Å². The zero-order valence-electron chi connectivity index (χ0n) is 21.9. The number of rotatable bonds is 7. The first kappa shape index (κ1) is 28.7. The minimum Gasteiger partial charge on any atom is -0.330 e. The third kappa shape index (κ3) is 6.12. The van der Waals surface area contributed by atoms with Crippen LogP contribution < -0.4 is 0 Å². The summed E-state index contributed by atoms with van der Waals surface area (Å²) < 4.78 is 13.6. The average Bonchev–Trinajstić information content (AvgIpc) is 3.42. The summed E-state index contributed by atoms with van der Waals surface area (Å²) in [5.41, 5.74) is 2.58. The molecule has 41 heavy (non-hydrogen) atoms. The Morgan fingerprint density at radius 1 is 1.07 bits per heavy atom. The van der Waals surface area contributed by atoms with Crippen molar-refractivity contribution >= 4 is 52.0 Å². The third-order valence-corrected chi connectivity index (χ3v) is 8.66. The highest BCUT2D eigenvalue weighted by Gasteiger charge is 2.35. The lowest BCUT2D eigenvalue weighted by molar-refractivity contribution is -0.385. The molecule has 7 nitrogen and oxygen atoms in total. The molecule has 0 N–H and O–H groups in total. The number of hydrogen-bond acceptors (Lipinski definition) is 5. The number of nitrogens with zero attached hydrogens (tertiary/aromatic N) is 3. The van der Waals surface area contributed by atoms with Crippen molar-refractivity contribution in [3.8, 4) is 0 Å². The first-order valence-electron chi connectivity index (χ1n) is 12.7. The van der Waals surface area contributed by atoms with Gasteiger partial charge in [-0.2, -0.15) is 0 Å². The summed E-state index contributed by atoms with van der Waals surface area (Å²) in [6.45, 7) is 1.68. The Bertz CT molecular complexity index is 1640. The molecule has 1 unspecified atom stereocenters. The molecule has 0 aliphatic carbocycles. The summed E-state index contributed by atoms with van der Waals surface area (Å²) >= 11 is 14.4. The molecule has 4 aromatic rings. The van der Waals surface area contributed by atoms with E-state index in [1.807, 2.05) is 11.4 Å². The first-order chi connectivity index (χ1) is 19.6. The van der Waals surface area contributed by atoms with Gasteiger partial charge in [-0.3, -0.25) is 19.7 Å². The summed E-state index contributed by atoms with van der Waals surface area (Å²) in [5.74, 6) is -1.31. The summed E-state index contributed by atoms with van der Waals surface area (Å²) in [4.78, 5) is 42.9. The van der Waals surface area contributed by atoms with Crippen LogP contribution in [-0.4, -0.2) is 39.6 Å². The highest BCUT2D eigenvalue weighted by atomic mass is 35.5. The third-order valence-electron chi connectivity index (χ3n) is 7.10. The minimum atomic E-state index is -0.555. The molecule has 0 spiro atoms. The van der Waals surface area contributed by atoms with E-state index in [0.29, 0.717) is 39.7 Å². The first-order valence-corrected chi connectivity index (χ1v) is 14.4. The van der Waals surface area contributed by atoms with Gasteiger partial charge in [-0.25, -0.2) is 4.39 Å². The van der Waals surface area contributed by atoms with Gasteiger partial charge in [0.1, 0.15) is 12.4 Å². The molecular formula is C30H24Cl2FN3O4S. The molecule has 1 aliphatic rings. The van der Waals surface area contributed by atoms with E-state index in [0.717, 1.165) is 10.4 Å². The highest BCUT2D eigenvalue weighted by molar-refractivity contribution is 7.10. The number of nitro groups is 1. The molecule has 3 aromatic carbocycles. The number of carbonyl (C=O) groups is 2. The molecule has 2 amide bonds. The lowest BCUT2D eigenvalue weighted by Crippen LogP contribution is -2.46. The largest absolute Gasteiger partial charge is 0.330 e. The van der Waals surface area contributed by atoms with Crippen molar-refractivity contribution < 1.29 is 18.9 Å². The van der Waals surface area contributed by atoms with Gasteiger partial charge in [-0.15, -0.1) is 11.3 Å². The van der Waals surface area contributed by atoms with Crippen LogP contribution in [0.5, 0.6) is 0 Å². The van der Waals surface area contributed by atoms with E-state index in [1.165, 1.54) is 47.4 Å². The lowest BCUT2D eigenvalue weighted by atomic mass is 9.93. The number of nitro benzene ring substituents is 1. The van der Waals surface area contributed by atoms with Gasteiger partial charge in [0.2, 0.25) is 5.91 Å². The minimum absolute atomic E-state index is 0.00354. The van der Waals surface area contributed by atoms with Gasteiger partial charge in [0.15, 0.2) is 0 Å². The lowest BCUT2D eigenvalue weighted by Gasteiger charge is -2.38. The van der Waals surface area contributed by atoms with Crippen LogP contribution in [-0.2, 0) is 17.8 Å². The zero-order valence-corrected chi connectivity index (χ0v) is 24.2. The maximum atomic E-state index is 14.0. The van der Waals surface area contributed by atoms with E-state index in [1.54, 1.807) is 41.4 Å². The Balaban J connectivity index is 1.50. The number of carbonyl (C=O) groups excluding carboxylic acids is 2. The van der Waals surface area contributed by atoms with Crippen molar-refractivity contribution in [2.45, 2.75) is 25.9 Å². The van der Waals surface area contributed by atoms with Crippen LogP contribution >= 0.6 is 34.5 Å². The topological polar surface area (TPSA) is 83.8 Å². The van der Waals surface area contributed by atoms with E-state index in [4.69, 9.17) is 23.2 Å². The van der Waals surface area contributed by atoms with Crippen LogP contribution in [0.1, 0.15) is 43.5 Å². The van der Waals surface area contributed by atoms with Gasteiger partial charge < -0.3 is 9.80 Å². The van der Waals surface area contributed by atoms with Crippen molar-refractivity contribution in [2.24, 2.45) is 0 Å². The number of thiophene rings is 1. The van der Waals surface area contributed by atoms with Crippen LogP contribution in [0.25, 0.3) is 0 Å². The molecule has 0 fully saturated rings. The summed E-state index contributed by atoms with van der Waals surface area (Å²) in [6, 6.07) is 16.5. The number of amides is 2. The van der Waals surface area contributed by atoms with Crippen LogP contribution in [0.15, 0.2) is 72.1 Å². The van der Waals surface area contributed by atoms with E-state index in [2.05, 4.69) is 0 Å². The second kappa shape index (κ2) is 12.0. The summed E-state index contributed by atoms with van der Waals surface area (Å²) in [7, 11) is 0.